The van der Waals surface area contributed by atoms with Crippen molar-refractivity contribution >= 4 is 8.80 Å². The third kappa shape index (κ3) is 10.3. The number of nitrogens with one attached hydrogen (secondary N) is 1. The van der Waals surface area contributed by atoms with E-state index in [0.29, 0.717) is 19.8 Å². The van der Waals surface area contributed by atoms with Crippen molar-refractivity contribution in [3.63, 3.8) is 0 Å². The zero-order valence-electron chi connectivity index (χ0n) is 14.2. The first-order valence-electron chi connectivity index (χ1n) is 8.11. The van der Waals surface area contributed by atoms with E-state index in [-0.39, 0.29) is 12.1 Å². The molecule has 0 aliphatic heterocycles. The lowest BCUT2D eigenvalue weighted by atomic mass is 10.2. The lowest BCUT2D eigenvalue weighted by Gasteiger charge is -2.32. The highest BCUT2D eigenvalue weighted by Crippen LogP contribution is 2.21. The van der Waals surface area contributed by atoms with Crippen molar-refractivity contribution in [2.24, 2.45) is 11.5 Å². The molecule has 2 unspecified atom stereocenters. The molecule has 0 rings (SSSR count). The number of rotatable bonds is 14. The van der Waals surface area contributed by atoms with Gasteiger partial charge in [-0.1, -0.05) is 0 Å². The van der Waals surface area contributed by atoms with E-state index < -0.39 is 8.80 Å². The van der Waals surface area contributed by atoms with Gasteiger partial charge in [-0.2, -0.15) is 0 Å². The summed E-state index contributed by atoms with van der Waals surface area (Å²) in [6.07, 6.45) is 1.81. The molecule has 0 aliphatic rings. The molecule has 0 saturated heterocycles. The molecular weight excluding hydrogens is 286 g/mol. The molecule has 0 aromatic heterocycles. The van der Waals surface area contributed by atoms with Crippen molar-refractivity contribution in [2.75, 3.05) is 32.8 Å². The Balaban J connectivity index is 4.49. The normalized spacial score (nSPS) is 15.1. The smallest absolute Gasteiger partial charge is 0.374 e. The lowest BCUT2D eigenvalue weighted by molar-refractivity contribution is 0.0337. The predicted molar refractivity (Wildman–Crippen MR) is 89.2 cm³/mol. The van der Waals surface area contributed by atoms with E-state index >= 15 is 0 Å². The summed E-state index contributed by atoms with van der Waals surface area (Å²) in [5.74, 6) is 0. The monoisotopic (exact) mass is 321 g/mol. The molecule has 0 amide bonds. The summed E-state index contributed by atoms with van der Waals surface area (Å²) in [4.78, 5) is 0. The van der Waals surface area contributed by atoms with Crippen LogP contribution in [0, 0.1) is 0 Å². The standard InChI is InChI=1S/C14H35N3O3Si/c1-5-18-21(19-6-2,11-7-9-17-10-8-15)20-14(4)12-13(3)16/h13-14,17H,5-12,15-16H2,1-4H3. The van der Waals surface area contributed by atoms with E-state index in [4.69, 9.17) is 24.7 Å². The maximum atomic E-state index is 6.20. The molecule has 0 fully saturated rings. The van der Waals surface area contributed by atoms with E-state index in [0.717, 1.165) is 32.0 Å². The summed E-state index contributed by atoms with van der Waals surface area (Å²) in [5.41, 5.74) is 11.3. The van der Waals surface area contributed by atoms with E-state index in [1.54, 1.807) is 0 Å². The number of hydrogen-bond donors (Lipinski definition) is 3. The Labute approximate surface area is 131 Å². The summed E-state index contributed by atoms with van der Waals surface area (Å²) in [5, 5.41) is 3.29. The highest BCUT2D eigenvalue weighted by atomic mass is 28.4. The maximum absolute atomic E-state index is 6.20. The van der Waals surface area contributed by atoms with Gasteiger partial charge in [-0.3, -0.25) is 0 Å². The zero-order chi connectivity index (χ0) is 16.1. The van der Waals surface area contributed by atoms with Crippen LogP contribution in [0.25, 0.3) is 0 Å². The maximum Gasteiger partial charge on any atom is 0.501 e. The third-order valence-corrected chi connectivity index (χ3v) is 6.16. The van der Waals surface area contributed by atoms with Crippen LogP contribution in [-0.2, 0) is 13.3 Å². The van der Waals surface area contributed by atoms with Crippen molar-refractivity contribution in [3.8, 4) is 0 Å². The van der Waals surface area contributed by atoms with Gasteiger partial charge < -0.3 is 30.1 Å². The van der Waals surface area contributed by atoms with E-state index in [1.807, 2.05) is 27.7 Å². The van der Waals surface area contributed by atoms with Gasteiger partial charge in [-0.25, -0.2) is 0 Å². The van der Waals surface area contributed by atoms with Crippen molar-refractivity contribution in [1.29, 1.82) is 0 Å². The second kappa shape index (κ2) is 12.5. The molecule has 7 heteroatoms. The van der Waals surface area contributed by atoms with Crippen LogP contribution in [0.5, 0.6) is 0 Å². The summed E-state index contributed by atoms with van der Waals surface area (Å²) in [7, 11) is -2.61. The van der Waals surface area contributed by atoms with Crippen LogP contribution in [0.3, 0.4) is 0 Å². The summed E-state index contributed by atoms with van der Waals surface area (Å²) in [6, 6.07) is 0.927. The highest BCUT2D eigenvalue weighted by molar-refractivity contribution is 6.60. The van der Waals surface area contributed by atoms with Crippen LogP contribution in [0.1, 0.15) is 40.5 Å². The highest BCUT2D eigenvalue weighted by Gasteiger charge is 2.41. The Hall–Kier alpha value is -0.0231. The first-order valence-corrected chi connectivity index (χ1v) is 10.0. The molecule has 0 aliphatic carbocycles. The minimum absolute atomic E-state index is 0.0479. The van der Waals surface area contributed by atoms with Crippen molar-refractivity contribution in [2.45, 2.75) is 58.7 Å². The SMILES string of the molecule is CCO[Si](CCCNCCN)(OCC)OC(C)CC(C)N. The van der Waals surface area contributed by atoms with Crippen LogP contribution >= 0.6 is 0 Å². The van der Waals surface area contributed by atoms with E-state index in [2.05, 4.69) is 5.32 Å². The van der Waals surface area contributed by atoms with Gasteiger partial charge in [-0.05, 0) is 47.1 Å². The van der Waals surface area contributed by atoms with Crippen LogP contribution in [0.2, 0.25) is 6.04 Å². The van der Waals surface area contributed by atoms with Crippen LogP contribution in [0.15, 0.2) is 0 Å². The van der Waals surface area contributed by atoms with Crippen molar-refractivity contribution < 1.29 is 13.3 Å². The van der Waals surface area contributed by atoms with Gasteiger partial charge >= 0.3 is 8.80 Å². The van der Waals surface area contributed by atoms with Gasteiger partial charge in [-0.15, -0.1) is 0 Å². The molecule has 128 valence electrons. The van der Waals surface area contributed by atoms with Gasteiger partial charge in [0.25, 0.3) is 0 Å². The van der Waals surface area contributed by atoms with Gasteiger partial charge in [0.2, 0.25) is 0 Å². The molecule has 0 spiro atoms. The molecule has 0 heterocycles. The first-order chi connectivity index (χ1) is 9.99. The summed E-state index contributed by atoms with van der Waals surface area (Å²) < 4.78 is 18.1. The van der Waals surface area contributed by atoms with Crippen LogP contribution in [0.4, 0.5) is 0 Å². The Morgan fingerprint density at radius 3 is 2.19 bits per heavy atom. The third-order valence-electron chi connectivity index (χ3n) is 2.97. The number of nitrogens with two attached hydrogens (primary N) is 2. The second-order valence-corrected chi connectivity index (χ2v) is 8.01. The molecule has 6 nitrogen and oxygen atoms in total. The molecule has 5 N–H and O–H groups in total. The quantitative estimate of drug-likeness (QED) is 0.327. The second-order valence-electron chi connectivity index (χ2n) is 5.33. The van der Waals surface area contributed by atoms with Crippen LogP contribution in [-0.4, -0.2) is 53.8 Å². The Kier molecular flexibility index (Phi) is 12.5. The molecular formula is C14H35N3O3Si. The lowest BCUT2D eigenvalue weighted by Crippen LogP contribution is -2.49. The Bertz CT molecular complexity index is 240. The molecule has 0 aromatic rings. The van der Waals surface area contributed by atoms with Gasteiger partial charge in [0.05, 0.1) is 0 Å². The topological polar surface area (TPSA) is 91.8 Å². The molecule has 21 heavy (non-hydrogen) atoms. The molecule has 0 bridgehead atoms. The minimum atomic E-state index is -2.61. The van der Waals surface area contributed by atoms with Gasteiger partial charge in [0.15, 0.2) is 0 Å². The largest absolute Gasteiger partial charge is 0.501 e. The predicted octanol–water partition coefficient (Wildman–Crippen LogP) is 1.08. The van der Waals surface area contributed by atoms with E-state index in [1.165, 1.54) is 0 Å². The molecule has 0 aromatic carbocycles. The fraction of sp³-hybridized carbons (Fsp3) is 1.00. The minimum Gasteiger partial charge on any atom is -0.374 e. The van der Waals surface area contributed by atoms with Crippen LogP contribution < -0.4 is 16.8 Å². The van der Waals surface area contributed by atoms with Crippen molar-refractivity contribution in [3.05, 3.63) is 0 Å². The average Bonchev–Trinajstić information content (AvgIpc) is 2.38. The Morgan fingerprint density at radius 1 is 1.10 bits per heavy atom. The van der Waals surface area contributed by atoms with Gasteiger partial charge in [0, 0.05) is 44.5 Å². The first kappa shape index (κ1) is 21.0. The fourth-order valence-corrected chi connectivity index (χ4v) is 5.11. The van der Waals surface area contributed by atoms with Gasteiger partial charge in [0.1, 0.15) is 0 Å². The summed E-state index contributed by atoms with van der Waals surface area (Å²) in [6.45, 7) is 11.6. The Morgan fingerprint density at radius 2 is 1.71 bits per heavy atom. The zero-order valence-corrected chi connectivity index (χ0v) is 15.2. The summed E-state index contributed by atoms with van der Waals surface area (Å²) >= 11 is 0. The number of hydrogen-bond acceptors (Lipinski definition) is 6. The molecule has 2 atom stereocenters. The molecule has 0 radical (unpaired) electrons. The fourth-order valence-electron chi connectivity index (χ4n) is 2.29. The molecule has 0 saturated carbocycles. The van der Waals surface area contributed by atoms with E-state index in [9.17, 15) is 0 Å². The average molecular weight is 322 g/mol. The van der Waals surface area contributed by atoms with Crippen molar-refractivity contribution in [1.82, 2.24) is 5.32 Å².